The summed E-state index contributed by atoms with van der Waals surface area (Å²) in [5.74, 6) is -1.19. The third kappa shape index (κ3) is 3.62. The molecule has 2 heterocycles. The maximum Gasteiger partial charge on any atom is 0.416 e. The topological polar surface area (TPSA) is 76.3 Å². The normalized spacial score (nSPS) is 16.0. The molecule has 1 aromatic heterocycles. The lowest BCUT2D eigenvalue weighted by Crippen LogP contribution is -2.48. The summed E-state index contributed by atoms with van der Waals surface area (Å²) in [6.07, 6.45) is -4.50. The third-order valence-electron chi connectivity index (χ3n) is 4.54. The fourth-order valence-electron chi connectivity index (χ4n) is 2.94. The quantitative estimate of drug-likeness (QED) is 0.594. The highest BCUT2D eigenvalue weighted by atomic mass is 32.2. The minimum absolute atomic E-state index is 0.000885. The molecule has 0 atom stereocenters. The zero-order chi connectivity index (χ0) is 20.8. The van der Waals surface area contributed by atoms with Gasteiger partial charge in [0.1, 0.15) is 10.7 Å². The van der Waals surface area contributed by atoms with E-state index in [0.717, 1.165) is 22.5 Å². The first-order valence-electron chi connectivity index (χ1n) is 8.42. The van der Waals surface area contributed by atoms with Gasteiger partial charge in [-0.05, 0) is 24.3 Å². The Morgan fingerprint density at radius 1 is 1.07 bits per heavy atom. The Morgan fingerprint density at radius 2 is 1.79 bits per heavy atom. The molecule has 0 unspecified atom stereocenters. The predicted octanol–water partition coefficient (Wildman–Crippen LogP) is 3.68. The van der Waals surface area contributed by atoms with E-state index in [2.05, 4.69) is 10.1 Å². The molecule has 3 aromatic rings. The van der Waals surface area contributed by atoms with Crippen molar-refractivity contribution in [3.05, 3.63) is 65.8 Å². The zero-order valence-corrected chi connectivity index (χ0v) is 15.4. The van der Waals surface area contributed by atoms with Gasteiger partial charge in [0.05, 0.1) is 11.5 Å². The van der Waals surface area contributed by atoms with Gasteiger partial charge in [-0.1, -0.05) is 29.4 Å². The zero-order valence-electron chi connectivity index (χ0n) is 14.6. The molecule has 4 rings (SSSR count). The van der Waals surface area contributed by atoms with Gasteiger partial charge in [-0.15, -0.1) is 0 Å². The average molecular weight is 427 g/mol. The first kappa shape index (κ1) is 19.5. The van der Waals surface area contributed by atoms with Crippen molar-refractivity contribution < 1.29 is 30.5 Å². The van der Waals surface area contributed by atoms with Crippen LogP contribution in [0.15, 0.2) is 57.9 Å². The van der Waals surface area contributed by atoms with Gasteiger partial charge >= 0.3 is 6.18 Å². The van der Waals surface area contributed by atoms with Crippen LogP contribution in [0.4, 0.5) is 17.6 Å². The molecule has 1 aliphatic rings. The van der Waals surface area contributed by atoms with Crippen LogP contribution >= 0.6 is 0 Å². The fraction of sp³-hybridized carbons (Fsp3) is 0.222. The van der Waals surface area contributed by atoms with Crippen molar-refractivity contribution in [2.75, 3.05) is 13.1 Å². The molecule has 0 saturated carbocycles. The van der Waals surface area contributed by atoms with Gasteiger partial charge < -0.3 is 4.52 Å². The van der Waals surface area contributed by atoms with Gasteiger partial charge in [-0.2, -0.15) is 22.5 Å². The second-order valence-electron chi connectivity index (χ2n) is 6.48. The number of alkyl halides is 3. The van der Waals surface area contributed by atoms with E-state index < -0.39 is 38.4 Å². The molecule has 0 radical (unpaired) electrons. The second-order valence-corrected chi connectivity index (χ2v) is 8.39. The van der Waals surface area contributed by atoms with Crippen molar-refractivity contribution in [3.8, 4) is 11.4 Å². The van der Waals surface area contributed by atoms with E-state index in [1.807, 2.05) is 0 Å². The fourth-order valence-corrected chi connectivity index (χ4v) is 4.53. The summed E-state index contributed by atoms with van der Waals surface area (Å²) >= 11 is 0. The van der Waals surface area contributed by atoms with Crippen LogP contribution in [-0.2, 0) is 16.2 Å². The third-order valence-corrected chi connectivity index (χ3v) is 6.41. The molecule has 2 aromatic carbocycles. The molecule has 1 fully saturated rings. The van der Waals surface area contributed by atoms with E-state index >= 15 is 0 Å². The molecule has 6 nitrogen and oxygen atoms in total. The second kappa shape index (κ2) is 6.92. The van der Waals surface area contributed by atoms with Gasteiger partial charge in [0.15, 0.2) is 0 Å². The van der Waals surface area contributed by atoms with E-state index in [-0.39, 0.29) is 30.4 Å². The number of aromatic nitrogens is 2. The van der Waals surface area contributed by atoms with E-state index in [1.54, 1.807) is 0 Å². The molecule has 0 N–H and O–H groups in total. The minimum Gasteiger partial charge on any atom is -0.339 e. The van der Waals surface area contributed by atoms with Crippen molar-refractivity contribution in [1.82, 2.24) is 14.4 Å². The van der Waals surface area contributed by atoms with Crippen molar-refractivity contribution >= 4 is 10.0 Å². The van der Waals surface area contributed by atoms with E-state index in [9.17, 15) is 26.0 Å². The van der Waals surface area contributed by atoms with Crippen LogP contribution < -0.4 is 0 Å². The maximum atomic E-state index is 13.8. The van der Waals surface area contributed by atoms with E-state index in [1.165, 1.54) is 30.3 Å². The summed E-state index contributed by atoms with van der Waals surface area (Å²) < 4.78 is 83.5. The molecule has 0 bridgehead atoms. The van der Waals surface area contributed by atoms with Crippen LogP contribution in [-0.4, -0.2) is 36.0 Å². The lowest BCUT2D eigenvalue weighted by molar-refractivity contribution is -0.137. The van der Waals surface area contributed by atoms with E-state index in [4.69, 9.17) is 4.52 Å². The SMILES string of the molecule is O=S(=O)(c1ccccc1F)N1CC(c2nc(-c3cccc(C(F)(F)F)c3)no2)C1. The Kier molecular flexibility index (Phi) is 4.66. The van der Waals surface area contributed by atoms with Crippen LogP contribution in [0.1, 0.15) is 17.4 Å². The standard InChI is InChI=1S/C18H13F4N3O3S/c19-14-6-1-2-7-15(14)29(26,27)25-9-12(10-25)17-23-16(24-28-17)11-4-3-5-13(8-11)18(20,21)22/h1-8,12H,9-10H2. The Morgan fingerprint density at radius 3 is 2.48 bits per heavy atom. The van der Waals surface area contributed by atoms with Crippen LogP contribution in [0.25, 0.3) is 11.4 Å². The Labute approximate surface area is 162 Å². The largest absolute Gasteiger partial charge is 0.416 e. The molecule has 1 saturated heterocycles. The maximum absolute atomic E-state index is 13.8. The van der Waals surface area contributed by atoms with Gasteiger partial charge in [0.2, 0.25) is 21.7 Å². The Bertz CT molecular complexity index is 1150. The van der Waals surface area contributed by atoms with E-state index in [0.29, 0.717) is 0 Å². The first-order chi connectivity index (χ1) is 13.7. The van der Waals surface area contributed by atoms with Crippen LogP contribution in [0.5, 0.6) is 0 Å². The first-order valence-corrected chi connectivity index (χ1v) is 9.86. The minimum atomic E-state index is -4.50. The molecule has 0 amide bonds. The Balaban J connectivity index is 1.50. The number of sulfonamides is 1. The van der Waals surface area contributed by atoms with Gasteiger partial charge in [0.25, 0.3) is 0 Å². The van der Waals surface area contributed by atoms with Crippen molar-refractivity contribution in [3.63, 3.8) is 0 Å². The van der Waals surface area contributed by atoms with Gasteiger partial charge in [-0.3, -0.25) is 0 Å². The number of nitrogens with zero attached hydrogens (tertiary/aromatic N) is 3. The summed E-state index contributed by atoms with van der Waals surface area (Å²) in [7, 11) is -4.00. The Hall–Kier alpha value is -2.79. The molecule has 152 valence electrons. The average Bonchev–Trinajstić information content (AvgIpc) is 3.09. The lowest BCUT2D eigenvalue weighted by atomic mass is 10.0. The highest BCUT2D eigenvalue weighted by molar-refractivity contribution is 7.89. The molecular formula is C18H13F4N3O3S. The smallest absolute Gasteiger partial charge is 0.339 e. The van der Waals surface area contributed by atoms with Gasteiger partial charge in [0, 0.05) is 18.7 Å². The molecule has 0 spiro atoms. The van der Waals surface area contributed by atoms with Crippen molar-refractivity contribution in [2.45, 2.75) is 17.0 Å². The number of rotatable bonds is 4. The summed E-state index contributed by atoms with van der Waals surface area (Å²) in [5.41, 5.74) is -0.711. The van der Waals surface area contributed by atoms with Crippen LogP contribution in [0.2, 0.25) is 0 Å². The summed E-state index contributed by atoms with van der Waals surface area (Å²) in [6.45, 7) is 0.00177. The highest BCUT2D eigenvalue weighted by Gasteiger charge is 2.41. The van der Waals surface area contributed by atoms with Crippen molar-refractivity contribution in [2.24, 2.45) is 0 Å². The molecule has 11 heteroatoms. The monoisotopic (exact) mass is 427 g/mol. The highest BCUT2D eigenvalue weighted by Crippen LogP contribution is 2.34. The number of benzene rings is 2. The van der Waals surface area contributed by atoms with Crippen molar-refractivity contribution in [1.29, 1.82) is 0 Å². The summed E-state index contributed by atoms with van der Waals surface area (Å²) in [5, 5.41) is 3.69. The molecule has 1 aliphatic heterocycles. The lowest BCUT2D eigenvalue weighted by Gasteiger charge is -2.35. The van der Waals surface area contributed by atoms with Crippen LogP contribution in [0.3, 0.4) is 0 Å². The van der Waals surface area contributed by atoms with Crippen LogP contribution in [0, 0.1) is 5.82 Å². The van der Waals surface area contributed by atoms with Gasteiger partial charge in [-0.25, -0.2) is 12.8 Å². The summed E-state index contributed by atoms with van der Waals surface area (Å²) in [4.78, 5) is 3.67. The molecule has 0 aliphatic carbocycles. The number of hydrogen-bond donors (Lipinski definition) is 0. The summed E-state index contributed by atoms with van der Waals surface area (Å²) in [6, 6.07) is 9.54. The predicted molar refractivity (Wildman–Crippen MR) is 92.6 cm³/mol. The number of halogens is 4. The molecule has 29 heavy (non-hydrogen) atoms. The number of hydrogen-bond acceptors (Lipinski definition) is 5. The molecular weight excluding hydrogens is 414 g/mol.